The second-order valence-corrected chi connectivity index (χ2v) is 6.31. The molecule has 3 aromatic rings. The Morgan fingerprint density at radius 1 is 0.964 bits per heavy atom. The molecule has 146 valence electrons. The van der Waals surface area contributed by atoms with Crippen molar-refractivity contribution < 1.29 is 28.1 Å². The fourth-order valence-corrected chi connectivity index (χ4v) is 2.96. The SMILES string of the molecule is COc1ccc(-c2coc3cc(OCC4CO4)c(OC)cc3c2=O)cc1OC. The zero-order chi connectivity index (χ0) is 19.7. The molecule has 2 aromatic carbocycles. The molecule has 0 saturated carbocycles. The first-order chi connectivity index (χ1) is 13.6. The summed E-state index contributed by atoms with van der Waals surface area (Å²) in [6, 6.07) is 8.56. The molecule has 7 nitrogen and oxygen atoms in total. The summed E-state index contributed by atoms with van der Waals surface area (Å²) < 4.78 is 32.6. The molecule has 0 spiro atoms. The highest BCUT2D eigenvalue weighted by Gasteiger charge is 2.24. The van der Waals surface area contributed by atoms with Gasteiger partial charge < -0.3 is 28.1 Å². The predicted octanol–water partition coefficient (Wildman–Crippen LogP) is 3.26. The van der Waals surface area contributed by atoms with Gasteiger partial charge in [0, 0.05) is 6.07 Å². The fourth-order valence-electron chi connectivity index (χ4n) is 2.96. The standard InChI is InChI=1S/C21H20O7/c1-23-16-5-4-12(6-18(16)24-2)15-11-28-17-8-20(27-10-13-9-26-13)19(25-3)7-14(17)21(15)22/h4-8,11,13H,9-10H2,1-3H3. The Morgan fingerprint density at radius 3 is 2.36 bits per heavy atom. The lowest BCUT2D eigenvalue weighted by Crippen LogP contribution is -2.08. The average molecular weight is 384 g/mol. The second kappa shape index (κ2) is 7.44. The molecule has 1 aromatic heterocycles. The van der Waals surface area contributed by atoms with E-state index in [0.29, 0.717) is 58.3 Å². The molecule has 0 aliphatic carbocycles. The maximum Gasteiger partial charge on any atom is 0.200 e. The maximum atomic E-state index is 13.1. The van der Waals surface area contributed by atoms with Crippen LogP contribution in [0.4, 0.5) is 0 Å². The quantitative estimate of drug-likeness (QED) is 0.579. The van der Waals surface area contributed by atoms with Crippen LogP contribution in [0.3, 0.4) is 0 Å². The van der Waals surface area contributed by atoms with Gasteiger partial charge in [0.2, 0.25) is 5.43 Å². The van der Waals surface area contributed by atoms with Crippen LogP contribution in [0.15, 0.2) is 45.8 Å². The van der Waals surface area contributed by atoms with Gasteiger partial charge in [-0.2, -0.15) is 0 Å². The molecule has 2 heterocycles. The predicted molar refractivity (Wildman–Crippen MR) is 103 cm³/mol. The molecule has 1 aliphatic rings. The molecule has 28 heavy (non-hydrogen) atoms. The van der Waals surface area contributed by atoms with Crippen molar-refractivity contribution >= 4 is 11.0 Å². The Bertz CT molecular complexity index is 1070. The normalized spacial score (nSPS) is 15.3. The van der Waals surface area contributed by atoms with Crippen molar-refractivity contribution in [3.63, 3.8) is 0 Å². The van der Waals surface area contributed by atoms with Gasteiger partial charge in [0.05, 0.1) is 38.9 Å². The lowest BCUT2D eigenvalue weighted by atomic mass is 10.0. The summed E-state index contributed by atoms with van der Waals surface area (Å²) in [5, 5.41) is 0.402. The van der Waals surface area contributed by atoms with Crippen LogP contribution in [0.1, 0.15) is 0 Å². The van der Waals surface area contributed by atoms with E-state index in [2.05, 4.69) is 0 Å². The molecule has 0 bridgehead atoms. The first kappa shape index (κ1) is 18.2. The number of fused-ring (bicyclic) bond motifs is 1. The van der Waals surface area contributed by atoms with E-state index in [0.717, 1.165) is 0 Å². The van der Waals surface area contributed by atoms with Gasteiger partial charge in [-0.25, -0.2) is 0 Å². The molecule has 0 radical (unpaired) electrons. The maximum absolute atomic E-state index is 13.1. The van der Waals surface area contributed by atoms with Crippen LogP contribution < -0.4 is 24.4 Å². The molecular weight excluding hydrogens is 364 g/mol. The minimum Gasteiger partial charge on any atom is -0.493 e. The molecule has 1 aliphatic heterocycles. The van der Waals surface area contributed by atoms with E-state index < -0.39 is 0 Å². The van der Waals surface area contributed by atoms with E-state index in [1.54, 1.807) is 44.6 Å². The highest BCUT2D eigenvalue weighted by atomic mass is 16.6. The van der Waals surface area contributed by atoms with Crippen LogP contribution in [-0.4, -0.2) is 40.6 Å². The van der Waals surface area contributed by atoms with Crippen molar-refractivity contribution in [2.75, 3.05) is 34.5 Å². The average Bonchev–Trinajstić information content (AvgIpc) is 3.56. The molecule has 7 heteroatoms. The van der Waals surface area contributed by atoms with Crippen LogP contribution in [0, 0.1) is 0 Å². The van der Waals surface area contributed by atoms with E-state index >= 15 is 0 Å². The number of epoxide rings is 1. The number of hydrogen-bond donors (Lipinski definition) is 0. The first-order valence-electron chi connectivity index (χ1n) is 8.75. The van der Waals surface area contributed by atoms with E-state index in [1.165, 1.54) is 13.4 Å². The van der Waals surface area contributed by atoms with Gasteiger partial charge in [-0.15, -0.1) is 0 Å². The number of ether oxygens (including phenoxy) is 5. The molecule has 0 N–H and O–H groups in total. The molecule has 1 atom stereocenters. The van der Waals surface area contributed by atoms with Gasteiger partial charge in [0.15, 0.2) is 23.0 Å². The summed E-state index contributed by atoms with van der Waals surface area (Å²) in [6.45, 7) is 1.12. The van der Waals surface area contributed by atoms with Gasteiger partial charge in [0.1, 0.15) is 24.6 Å². The number of methoxy groups -OCH3 is 3. The smallest absolute Gasteiger partial charge is 0.200 e. The summed E-state index contributed by atoms with van der Waals surface area (Å²) in [7, 11) is 4.63. The lowest BCUT2D eigenvalue weighted by molar-refractivity contribution is 0.252. The Morgan fingerprint density at radius 2 is 1.68 bits per heavy atom. The van der Waals surface area contributed by atoms with Crippen LogP contribution in [-0.2, 0) is 4.74 Å². The molecule has 1 saturated heterocycles. The van der Waals surface area contributed by atoms with Crippen LogP contribution in [0.25, 0.3) is 22.1 Å². The van der Waals surface area contributed by atoms with Gasteiger partial charge in [-0.3, -0.25) is 4.79 Å². The van der Waals surface area contributed by atoms with Crippen molar-refractivity contribution in [3.05, 3.63) is 46.8 Å². The zero-order valence-corrected chi connectivity index (χ0v) is 15.8. The monoisotopic (exact) mass is 384 g/mol. The first-order valence-corrected chi connectivity index (χ1v) is 8.75. The number of rotatable bonds is 7. The summed E-state index contributed by atoms with van der Waals surface area (Å²) in [6.07, 6.45) is 1.55. The minimum atomic E-state index is -0.177. The summed E-state index contributed by atoms with van der Waals surface area (Å²) in [5.74, 6) is 2.08. The molecule has 4 rings (SSSR count). The number of hydrogen-bond acceptors (Lipinski definition) is 7. The topological polar surface area (TPSA) is 79.7 Å². The highest BCUT2D eigenvalue weighted by molar-refractivity contribution is 5.85. The lowest BCUT2D eigenvalue weighted by Gasteiger charge is -2.12. The van der Waals surface area contributed by atoms with E-state index in [1.807, 2.05) is 0 Å². The molecular formula is C21H20O7. The molecule has 1 unspecified atom stereocenters. The van der Waals surface area contributed by atoms with Crippen molar-refractivity contribution in [3.8, 4) is 34.1 Å². The van der Waals surface area contributed by atoms with Crippen LogP contribution >= 0.6 is 0 Å². The Kier molecular flexibility index (Phi) is 4.83. The van der Waals surface area contributed by atoms with Gasteiger partial charge in [0.25, 0.3) is 0 Å². The zero-order valence-electron chi connectivity index (χ0n) is 15.8. The third kappa shape index (κ3) is 3.36. The third-order valence-electron chi connectivity index (χ3n) is 4.58. The Hall–Kier alpha value is -3.19. The van der Waals surface area contributed by atoms with Crippen LogP contribution in [0.5, 0.6) is 23.0 Å². The molecule has 0 amide bonds. The minimum absolute atomic E-state index is 0.111. The Balaban J connectivity index is 1.78. The molecule has 1 fully saturated rings. The second-order valence-electron chi connectivity index (χ2n) is 6.31. The van der Waals surface area contributed by atoms with Gasteiger partial charge in [-0.1, -0.05) is 6.07 Å². The largest absolute Gasteiger partial charge is 0.493 e. The summed E-state index contributed by atoms with van der Waals surface area (Å²) in [5.41, 5.74) is 1.32. The van der Waals surface area contributed by atoms with E-state index in [9.17, 15) is 4.79 Å². The highest BCUT2D eigenvalue weighted by Crippen LogP contribution is 2.35. The van der Waals surface area contributed by atoms with Crippen LogP contribution in [0.2, 0.25) is 0 Å². The van der Waals surface area contributed by atoms with Crippen molar-refractivity contribution in [1.29, 1.82) is 0 Å². The van der Waals surface area contributed by atoms with E-state index in [4.69, 9.17) is 28.1 Å². The number of benzene rings is 2. The summed E-state index contributed by atoms with van der Waals surface area (Å²) in [4.78, 5) is 13.1. The fraction of sp³-hybridized carbons (Fsp3) is 0.286. The van der Waals surface area contributed by atoms with Crippen molar-refractivity contribution in [1.82, 2.24) is 0 Å². The third-order valence-corrected chi connectivity index (χ3v) is 4.58. The van der Waals surface area contributed by atoms with E-state index in [-0.39, 0.29) is 11.5 Å². The van der Waals surface area contributed by atoms with Gasteiger partial charge >= 0.3 is 0 Å². The Labute approximate surface area is 161 Å². The summed E-state index contributed by atoms with van der Waals surface area (Å²) >= 11 is 0. The van der Waals surface area contributed by atoms with Crippen molar-refractivity contribution in [2.24, 2.45) is 0 Å². The van der Waals surface area contributed by atoms with Crippen molar-refractivity contribution in [2.45, 2.75) is 6.10 Å². The van der Waals surface area contributed by atoms with Gasteiger partial charge in [-0.05, 0) is 23.8 Å².